The van der Waals surface area contributed by atoms with E-state index in [0.29, 0.717) is 19.5 Å². The molecule has 0 amide bonds. The molecule has 0 radical (unpaired) electrons. The van der Waals surface area contributed by atoms with Crippen LogP contribution in [0.3, 0.4) is 0 Å². The van der Waals surface area contributed by atoms with Crippen molar-refractivity contribution in [2.75, 3.05) is 25.1 Å². The Morgan fingerprint density at radius 3 is 2.95 bits per heavy atom. The lowest BCUT2D eigenvalue weighted by atomic mass is 10.2. The van der Waals surface area contributed by atoms with Gasteiger partial charge in [0.25, 0.3) is 0 Å². The van der Waals surface area contributed by atoms with Crippen LogP contribution in [0.5, 0.6) is 0 Å². The van der Waals surface area contributed by atoms with Crippen molar-refractivity contribution in [3.63, 3.8) is 0 Å². The summed E-state index contributed by atoms with van der Waals surface area (Å²) in [5.41, 5.74) is -0.241. The summed E-state index contributed by atoms with van der Waals surface area (Å²) in [6, 6.07) is 1.14. The number of pyridine rings is 1. The molecule has 0 aliphatic carbocycles. The molecule has 102 valence electrons. The summed E-state index contributed by atoms with van der Waals surface area (Å²) in [5, 5.41) is 20.5. The zero-order valence-electron chi connectivity index (χ0n) is 10.3. The highest BCUT2D eigenvalue weighted by Gasteiger charge is 2.28. The van der Waals surface area contributed by atoms with E-state index in [1.165, 1.54) is 13.3 Å². The SMILES string of the molecule is COC(=O)c1cnc(N2CC[C@@H](O)C2)c([N+](=O)[O-])c1. The molecule has 1 fully saturated rings. The van der Waals surface area contributed by atoms with Crippen molar-refractivity contribution >= 4 is 17.5 Å². The molecule has 2 rings (SSSR count). The Morgan fingerprint density at radius 2 is 2.42 bits per heavy atom. The fourth-order valence-electron chi connectivity index (χ4n) is 1.99. The standard InChI is InChI=1S/C11H13N3O5/c1-19-11(16)7-4-9(14(17)18)10(12-5-7)13-3-2-8(15)6-13/h4-5,8,15H,2-3,6H2,1H3/t8-/m1/s1. The summed E-state index contributed by atoms with van der Waals surface area (Å²) in [4.78, 5) is 27.4. The summed E-state index contributed by atoms with van der Waals surface area (Å²) >= 11 is 0. The third kappa shape index (κ3) is 2.63. The second-order valence-electron chi connectivity index (χ2n) is 4.20. The van der Waals surface area contributed by atoms with Gasteiger partial charge in [-0.2, -0.15) is 0 Å². The molecule has 0 unspecified atom stereocenters. The van der Waals surface area contributed by atoms with Crippen molar-refractivity contribution in [1.82, 2.24) is 4.98 Å². The maximum Gasteiger partial charge on any atom is 0.339 e. The molecule has 1 atom stereocenters. The van der Waals surface area contributed by atoms with E-state index in [2.05, 4.69) is 9.72 Å². The van der Waals surface area contributed by atoms with Crippen molar-refractivity contribution in [3.8, 4) is 0 Å². The number of ether oxygens (including phenoxy) is 1. The average Bonchev–Trinajstić information content (AvgIpc) is 2.83. The highest BCUT2D eigenvalue weighted by atomic mass is 16.6. The fraction of sp³-hybridized carbons (Fsp3) is 0.455. The predicted octanol–water partition coefficient (Wildman–Crippen LogP) is 0.347. The summed E-state index contributed by atoms with van der Waals surface area (Å²) in [7, 11) is 1.19. The third-order valence-electron chi connectivity index (χ3n) is 2.93. The van der Waals surface area contributed by atoms with E-state index in [1.807, 2.05) is 0 Å². The predicted molar refractivity (Wildman–Crippen MR) is 65.1 cm³/mol. The molecule has 8 nitrogen and oxygen atoms in total. The van der Waals surface area contributed by atoms with Gasteiger partial charge in [-0.05, 0) is 6.42 Å². The van der Waals surface area contributed by atoms with Crippen LogP contribution in [-0.4, -0.2) is 47.3 Å². The first-order chi connectivity index (χ1) is 9.02. The van der Waals surface area contributed by atoms with Crippen molar-refractivity contribution in [2.24, 2.45) is 0 Å². The Morgan fingerprint density at radius 1 is 1.68 bits per heavy atom. The average molecular weight is 267 g/mol. The zero-order valence-corrected chi connectivity index (χ0v) is 10.3. The van der Waals surface area contributed by atoms with E-state index < -0.39 is 17.0 Å². The number of esters is 1. The molecule has 0 aromatic carbocycles. The Balaban J connectivity index is 2.38. The molecule has 2 heterocycles. The molecule has 0 bridgehead atoms. The molecule has 8 heteroatoms. The van der Waals surface area contributed by atoms with Gasteiger partial charge in [0, 0.05) is 25.4 Å². The minimum atomic E-state index is -0.677. The van der Waals surface area contributed by atoms with Crippen LogP contribution in [0.1, 0.15) is 16.8 Å². The van der Waals surface area contributed by atoms with E-state index in [4.69, 9.17) is 0 Å². The largest absolute Gasteiger partial charge is 0.465 e. The zero-order chi connectivity index (χ0) is 14.0. The van der Waals surface area contributed by atoms with Crippen LogP contribution < -0.4 is 4.90 Å². The lowest BCUT2D eigenvalue weighted by molar-refractivity contribution is -0.384. The number of aliphatic hydroxyl groups excluding tert-OH is 1. The lowest BCUT2D eigenvalue weighted by Crippen LogP contribution is -2.23. The summed E-state index contributed by atoms with van der Waals surface area (Å²) in [6.45, 7) is 0.790. The van der Waals surface area contributed by atoms with Gasteiger partial charge in [0.15, 0.2) is 0 Å². The van der Waals surface area contributed by atoms with Crippen molar-refractivity contribution in [1.29, 1.82) is 0 Å². The van der Waals surface area contributed by atoms with E-state index in [1.54, 1.807) is 4.90 Å². The summed E-state index contributed by atoms with van der Waals surface area (Å²) in [5.74, 6) is -0.516. The highest BCUT2D eigenvalue weighted by molar-refractivity contribution is 5.90. The van der Waals surface area contributed by atoms with Gasteiger partial charge in [-0.1, -0.05) is 0 Å². The van der Waals surface area contributed by atoms with E-state index in [9.17, 15) is 20.0 Å². The van der Waals surface area contributed by atoms with Crippen LogP contribution in [0.2, 0.25) is 0 Å². The van der Waals surface area contributed by atoms with Gasteiger partial charge in [0.05, 0.1) is 23.7 Å². The topological polar surface area (TPSA) is 106 Å². The number of nitrogens with zero attached hydrogens (tertiary/aromatic N) is 3. The van der Waals surface area contributed by atoms with Gasteiger partial charge < -0.3 is 14.7 Å². The number of β-amino-alcohol motifs (C(OH)–C–C–N with tert-alkyl or cyclic N) is 1. The number of aromatic nitrogens is 1. The van der Waals surface area contributed by atoms with Crippen molar-refractivity contribution in [3.05, 3.63) is 27.9 Å². The second-order valence-corrected chi connectivity index (χ2v) is 4.20. The molecular formula is C11H13N3O5. The van der Waals surface area contributed by atoms with Gasteiger partial charge in [0.1, 0.15) is 0 Å². The Kier molecular flexibility index (Phi) is 3.61. The summed E-state index contributed by atoms with van der Waals surface area (Å²) in [6.07, 6.45) is 1.26. The van der Waals surface area contributed by atoms with Crippen LogP contribution >= 0.6 is 0 Å². The van der Waals surface area contributed by atoms with Gasteiger partial charge >= 0.3 is 11.7 Å². The Bertz CT molecular complexity index is 519. The third-order valence-corrected chi connectivity index (χ3v) is 2.93. The first kappa shape index (κ1) is 13.2. The van der Waals surface area contributed by atoms with Crippen LogP contribution in [0.4, 0.5) is 11.5 Å². The number of hydrogen-bond acceptors (Lipinski definition) is 7. The minimum absolute atomic E-state index is 0.0256. The fourth-order valence-corrected chi connectivity index (χ4v) is 1.99. The monoisotopic (exact) mass is 267 g/mol. The molecule has 1 aromatic heterocycles. The maximum atomic E-state index is 11.3. The minimum Gasteiger partial charge on any atom is -0.465 e. The maximum absolute atomic E-state index is 11.3. The molecule has 19 heavy (non-hydrogen) atoms. The Hall–Kier alpha value is -2.22. The molecule has 1 aliphatic rings. The van der Waals surface area contributed by atoms with Crippen molar-refractivity contribution < 1.29 is 19.6 Å². The van der Waals surface area contributed by atoms with Gasteiger partial charge in [-0.15, -0.1) is 0 Å². The number of methoxy groups -OCH3 is 1. The van der Waals surface area contributed by atoms with E-state index in [0.717, 1.165) is 6.07 Å². The summed E-state index contributed by atoms with van der Waals surface area (Å²) < 4.78 is 4.50. The number of carbonyl (C=O) groups is 1. The molecular weight excluding hydrogens is 254 g/mol. The Labute approximate surface area is 108 Å². The first-order valence-corrected chi connectivity index (χ1v) is 5.68. The van der Waals surface area contributed by atoms with E-state index in [-0.39, 0.29) is 17.1 Å². The molecule has 1 aromatic rings. The number of nitro groups is 1. The van der Waals surface area contributed by atoms with Crippen LogP contribution in [0, 0.1) is 10.1 Å². The molecule has 1 aliphatic heterocycles. The number of rotatable bonds is 3. The molecule has 0 spiro atoms. The van der Waals surface area contributed by atoms with Gasteiger partial charge in [-0.3, -0.25) is 10.1 Å². The van der Waals surface area contributed by atoms with Crippen LogP contribution in [0.25, 0.3) is 0 Å². The molecule has 1 N–H and O–H groups in total. The van der Waals surface area contributed by atoms with Gasteiger partial charge in [-0.25, -0.2) is 9.78 Å². The van der Waals surface area contributed by atoms with Crippen LogP contribution in [-0.2, 0) is 4.74 Å². The first-order valence-electron chi connectivity index (χ1n) is 5.68. The number of carbonyl (C=O) groups excluding carboxylic acids is 1. The highest BCUT2D eigenvalue weighted by Crippen LogP contribution is 2.29. The lowest BCUT2D eigenvalue weighted by Gasteiger charge is -2.16. The smallest absolute Gasteiger partial charge is 0.339 e. The number of anilines is 1. The quantitative estimate of drug-likeness (QED) is 0.478. The second kappa shape index (κ2) is 5.19. The number of aliphatic hydroxyl groups is 1. The normalized spacial score (nSPS) is 18.4. The van der Waals surface area contributed by atoms with Crippen LogP contribution in [0.15, 0.2) is 12.3 Å². The van der Waals surface area contributed by atoms with Crippen molar-refractivity contribution in [2.45, 2.75) is 12.5 Å². The number of hydrogen-bond donors (Lipinski definition) is 1. The van der Waals surface area contributed by atoms with E-state index >= 15 is 0 Å². The van der Waals surface area contributed by atoms with Gasteiger partial charge in [0.2, 0.25) is 5.82 Å². The molecule has 1 saturated heterocycles. The molecule has 0 saturated carbocycles.